The molecule has 0 aliphatic carbocycles. The summed E-state index contributed by atoms with van der Waals surface area (Å²) < 4.78 is 12.7. The molecule has 1 amide bonds. The molecule has 1 unspecified atom stereocenters. The van der Waals surface area contributed by atoms with Crippen LogP contribution in [0, 0.1) is 0 Å². The molecular formula is C28H27N5O3. The van der Waals surface area contributed by atoms with Crippen molar-refractivity contribution < 1.29 is 14.3 Å². The van der Waals surface area contributed by atoms with Gasteiger partial charge in [-0.15, -0.1) is 5.10 Å². The zero-order chi connectivity index (χ0) is 25.1. The van der Waals surface area contributed by atoms with Crippen molar-refractivity contribution >= 4 is 17.5 Å². The number of benzene rings is 3. The number of para-hydroxylation sites is 2. The third-order valence-electron chi connectivity index (χ3n) is 5.99. The monoisotopic (exact) mass is 481 g/mol. The molecule has 0 radical (unpaired) electrons. The van der Waals surface area contributed by atoms with E-state index in [-0.39, 0.29) is 5.91 Å². The van der Waals surface area contributed by atoms with E-state index in [0.717, 1.165) is 16.9 Å². The third-order valence-corrected chi connectivity index (χ3v) is 5.99. The van der Waals surface area contributed by atoms with Gasteiger partial charge < -0.3 is 20.1 Å². The Hall–Kier alpha value is -4.59. The maximum atomic E-state index is 13.7. The molecule has 1 aromatic heterocycles. The van der Waals surface area contributed by atoms with Crippen LogP contribution < -0.4 is 20.1 Å². The average Bonchev–Trinajstić information content (AvgIpc) is 3.32. The maximum absolute atomic E-state index is 13.7. The van der Waals surface area contributed by atoms with Crippen LogP contribution in [0.5, 0.6) is 11.5 Å². The Kier molecular flexibility index (Phi) is 6.40. The van der Waals surface area contributed by atoms with Gasteiger partial charge in [0.2, 0.25) is 5.95 Å². The molecule has 8 nitrogen and oxygen atoms in total. The summed E-state index contributed by atoms with van der Waals surface area (Å²) in [5.74, 6) is 2.25. The Morgan fingerprint density at radius 2 is 1.75 bits per heavy atom. The fraction of sp³-hybridized carbons (Fsp3) is 0.179. The number of nitrogens with zero attached hydrogens (tertiary/aromatic N) is 3. The van der Waals surface area contributed by atoms with E-state index in [0.29, 0.717) is 41.1 Å². The van der Waals surface area contributed by atoms with E-state index in [1.807, 2.05) is 92.7 Å². The van der Waals surface area contributed by atoms with Crippen molar-refractivity contribution in [2.45, 2.75) is 19.9 Å². The van der Waals surface area contributed by atoms with Gasteiger partial charge in [-0.25, -0.2) is 4.68 Å². The van der Waals surface area contributed by atoms with Crippen LogP contribution in [-0.4, -0.2) is 34.4 Å². The molecule has 182 valence electrons. The first-order chi connectivity index (χ1) is 17.6. The third kappa shape index (κ3) is 4.40. The van der Waals surface area contributed by atoms with Crippen molar-refractivity contribution in [3.05, 3.63) is 95.7 Å². The lowest BCUT2D eigenvalue weighted by Gasteiger charge is -2.28. The summed E-state index contributed by atoms with van der Waals surface area (Å²) in [6, 6.07) is 24.3. The number of amides is 1. The number of nitrogens with one attached hydrogen (secondary N) is 2. The minimum atomic E-state index is -0.471. The Balaban J connectivity index is 1.55. The van der Waals surface area contributed by atoms with E-state index >= 15 is 0 Å². The van der Waals surface area contributed by atoms with E-state index in [1.165, 1.54) is 0 Å². The number of hydrogen-bond donors (Lipinski definition) is 2. The van der Waals surface area contributed by atoms with E-state index in [1.54, 1.807) is 11.8 Å². The molecule has 2 heterocycles. The number of carbonyl (C=O) groups is 1. The highest BCUT2D eigenvalue weighted by atomic mass is 16.5. The summed E-state index contributed by atoms with van der Waals surface area (Å²) in [5, 5.41) is 11.1. The summed E-state index contributed by atoms with van der Waals surface area (Å²) in [5.41, 5.74) is 3.62. The smallest absolute Gasteiger partial charge is 0.255 e. The molecular weight excluding hydrogens is 454 g/mol. The normalized spacial score (nSPS) is 14.6. The first-order valence-electron chi connectivity index (χ1n) is 11.8. The fourth-order valence-electron chi connectivity index (χ4n) is 4.32. The summed E-state index contributed by atoms with van der Waals surface area (Å²) in [7, 11) is 1.58. The molecule has 1 atom stereocenters. The minimum absolute atomic E-state index is 0.248. The molecule has 0 saturated carbocycles. The topological polar surface area (TPSA) is 90.3 Å². The van der Waals surface area contributed by atoms with Gasteiger partial charge in [0.1, 0.15) is 17.5 Å². The van der Waals surface area contributed by atoms with Gasteiger partial charge in [0.15, 0.2) is 5.82 Å². The SMILES string of the molecule is CCOc1ccc(-c2nc3n(n2)C(c2ccccc2)C(C(=O)Nc2ccccc2OC)=C(C)N3)cc1. The largest absolute Gasteiger partial charge is 0.495 e. The highest BCUT2D eigenvalue weighted by Crippen LogP contribution is 2.37. The maximum Gasteiger partial charge on any atom is 0.255 e. The molecule has 0 saturated heterocycles. The summed E-state index contributed by atoms with van der Waals surface area (Å²) in [4.78, 5) is 18.4. The molecule has 0 fully saturated rings. The van der Waals surface area contributed by atoms with Gasteiger partial charge in [-0.3, -0.25) is 4.79 Å². The van der Waals surface area contributed by atoms with E-state index in [2.05, 4.69) is 10.6 Å². The van der Waals surface area contributed by atoms with Gasteiger partial charge >= 0.3 is 0 Å². The number of ether oxygens (including phenoxy) is 2. The van der Waals surface area contributed by atoms with Crippen molar-refractivity contribution in [2.75, 3.05) is 24.4 Å². The lowest BCUT2D eigenvalue weighted by molar-refractivity contribution is -0.113. The van der Waals surface area contributed by atoms with Crippen molar-refractivity contribution in [3.63, 3.8) is 0 Å². The quantitative estimate of drug-likeness (QED) is 0.373. The van der Waals surface area contributed by atoms with Crippen LogP contribution in [0.4, 0.5) is 11.6 Å². The van der Waals surface area contributed by atoms with Crippen LogP contribution in [0.2, 0.25) is 0 Å². The number of hydrogen-bond acceptors (Lipinski definition) is 6. The Labute approximate surface area is 209 Å². The second kappa shape index (κ2) is 9.95. The van der Waals surface area contributed by atoms with E-state index in [4.69, 9.17) is 19.6 Å². The first-order valence-corrected chi connectivity index (χ1v) is 11.8. The van der Waals surface area contributed by atoms with Crippen molar-refractivity contribution in [3.8, 4) is 22.9 Å². The number of carbonyl (C=O) groups excluding carboxylic acids is 1. The molecule has 5 rings (SSSR count). The van der Waals surface area contributed by atoms with Crippen LogP contribution >= 0.6 is 0 Å². The van der Waals surface area contributed by atoms with Gasteiger partial charge in [-0.05, 0) is 55.8 Å². The molecule has 36 heavy (non-hydrogen) atoms. The molecule has 1 aliphatic rings. The predicted molar refractivity (Wildman–Crippen MR) is 139 cm³/mol. The van der Waals surface area contributed by atoms with Gasteiger partial charge in [-0.2, -0.15) is 4.98 Å². The second-order valence-corrected chi connectivity index (χ2v) is 8.29. The van der Waals surface area contributed by atoms with Gasteiger partial charge in [0.25, 0.3) is 5.91 Å². The number of fused-ring (bicyclic) bond motifs is 1. The fourth-order valence-corrected chi connectivity index (χ4v) is 4.32. The number of aromatic nitrogens is 3. The molecule has 2 N–H and O–H groups in total. The van der Waals surface area contributed by atoms with Crippen molar-refractivity contribution in [1.29, 1.82) is 0 Å². The molecule has 4 aromatic rings. The lowest BCUT2D eigenvalue weighted by Crippen LogP contribution is -2.31. The molecule has 0 bridgehead atoms. The standard InChI is InChI=1S/C28H27N5O3/c1-4-36-21-16-14-20(15-17-21)26-31-28-29-18(2)24(25(33(28)32-26)19-10-6-5-7-11-19)27(34)30-22-12-8-9-13-23(22)35-3/h5-17,25H,4H2,1-3H3,(H,30,34)(H,29,31,32). The molecule has 0 spiro atoms. The van der Waals surface area contributed by atoms with E-state index < -0.39 is 6.04 Å². The molecule has 1 aliphatic heterocycles. The number of rotatable bonds is 7. The van der Waals surface area contributed by atoms with E-state index in [9.17, 15) is 4.79 Å². The zero-order valence-corrected chi connectivity index (χ0v) is 20.4. The summed E-state index contributed by atoms with van der Waals surface area (Å²) in [6.45, 7) is 4.43. The highest BCUT2D eigenvalue weighted by Gasteiger charge is 2.34. The van der Waals surface area contributed by atoms with Gasteiger partial charge in [0, 0.05) is 11.3 Å². The number of methoxy groups -OCH3 is 1. The summed E-state index contributed by atoms with van der Waals surface area (Å²) >= 11 is 0. The molecule has 3 aromatic carbocycles. The predicted octanol–water partition coefficient (Wildman–Crippen LogP) is 5.28. The molecule has 8 heteroatoms. The van der Waals surface area contributed by atoms with Gasteiger partial charge in [0.05, 0.1) is 25.0 Å². The van der Waals surface area contributed by atoms with Crippen molar-refractivity contribution in [1.82, 2.24) is 14.8 Å². The highest BCUT2D eigenvalue weighted by molar-refractivity contribution is 6.06. The van der Waals surface area contributed by atoms with Crippen LogP contribution in [0.15, 0.2) is 90.1 Å². The number of anilines is 2. The zero-order valence-electron chi connectivity index (χ0n) is 20.4. The van der Waals surface area contributed by atoms with Crippen LogP contribution in [-0.2, 0) is 4.79 Å². The number of allylic oxidation sites excluding steroid dienone is 1. The van der Waals surface area contributed by atoms with Gasteiger partial charge in [-0.1, -0.05) is 42.5 Å². The van der Waals surface area contributed by atoms with Crippen LogP contribution in [0.1, 0.15) is 25.5 Å². The minimum Gasteiger partial charge on any atom is -0.495 e. The van der Waals surface area contributed by atoms with Crippen molar-refractivity contribution in [2.24, 2.45) is 0 Å². The second-order valence-electron chi connectivity index (χ2n) is 8.29. The Morgan fingerprint density at radius 1 is 1.03 bits per heavy atom. The summed E-state index contributed by atoms with van der Waals surface area (Å²) in [6.07, 6.45) is 0. The van der Waals surface area contributed by atoms with Crippen LogP contribution in [0.25, 0.3) is 11.4 Å². The Morgan fingerprint density at radius 3 is 2.47 bits per heavy atom. The average molecular weight is 482 g/mol. The lowest BCUT2D eigenvalue weighted by atomic mass is 9.95. The Bertz CT molecular complexity index is 1410. The first kappa shape index (κ1) is 23.2. The van der Waals surface area contributed by atoms with Crippen LogP contribution in [0.3, 0.4) is 0 Å².